The molecule has 0 radical (unpaired) electrons. The lowest BCUT2D eigenvalue weighted by molar-refractivity contribution is -0.163. The van der Waals surface area contributed by atoms with Gasteiger partial charge in [-0.25, -0.2) is 4.79 Å². The molecule has 0 amide bonds. The van der Waals surface area contributed by atoms with E-state index in [9.17, 15) is 9.90 Å². The number of aliphatic carboxylic acids is 1. The molecule has 1 N–H and O–H groups in total. The Balaban J connectivity index is 2.04. The number of carboxylic acids is 1. The second-order valence-electron chi connectivity index (χ2n) is 5.30. The minimum atomic E-state index is -1.24. The van der Waals surface area contributed by atoms with E-state index in [0.29, 0.717) is 0 Å². The van der Waals surface area contributed by atoms with Gasteiger partial charge in [0, 0.05) is 4.91 Å². The summed E-state index contributed by atoms with van der Waals surface area (Å²) < 4.78 is 11.2. The summed E-state index contributed by atoms with van der Waals surface area (Å²) in [7, 11) is 0. The van der Waals surface area contributed by atoms with Crippen LogP contribution in [0.3, 0.4) is 0 Å². The number of hydrogen-bond donors (Lipinski definition) is 1. The van der Waals surface area contributed by atoms with Gasteiger partial charge in [-0.1, -0.05) is 65.8 Å². The lowest BCUT2D eigenvalue weighted by Crippen LogP contribution is -2.40. The quantitative estimate of drug-likeness (QED) is 0.405. The smallest absolute Gasteiger partial charge is 0.335 e. The molecule has 0 bridgehead atoms. The van der Waals surface area contributed by atoms with E-state index < -0.39 is 18.2 Å². The van der Waals surface area contributed by atoms with Gasteiger partial charge in [0.2, 0.25) is 0 Å². The third-order valence-electron chi connectivity index (χ3n) is 3.49. The maximum Gasteiger partial charge on any atom is 0.335 e. The predicted molar refractivity (Wildman–Crippen MR) is 91.7 cm³/mol. The maximum atomic E-state index is 11.6. The first-order valence-electron chi connectivity index (χ1n) is 7.75. The molecule has 0 aliphatic carbocycles. The molecule has 7 nitrogen and oxygen atoms in total. The van der Waals surface area contributed by atoms with Gasteiger partial charge in [0.1, 0.15) is 6.10 Å². The first-order chi connectivity index (χ1) is 12.2. The second kappa shape index (κ2) is 10.1. The number of nitrogens with zero attached hydrogens (tertiary/aromatic N) is 3. The highest BCUT2D eigenvalue weighted by atomic mass is 16.6. The molecule has 0 fully saturated rings. The minimum absolute atomic E-state index is 0.124. The van der Waals surface area contributed by atoms with Crippen LogP contribution in [0.4, 0.5) is 0 Å². The molecular formula is C18H19N3O4. The molecule has 7 heteroatoms. The molecule has 0 aromatic heterocycles. The zero-order valence-electron chi connectivity index (χ0n) is 13.6. The van der Waals surface area contributed by atoms with Crippen LogP contribution >= 0.6 is 0 Å². The zero-order valence-corrected chi connectivity index (χ0v) is 13.6. The normalized spacial score (nSPS) is 12.8. The standard InChI is InChI=1S/C18H19N3O4/c19-21-20-11-16(24-12-14-7-3-1-4-8-14)17(18(22)23)25-13-15-9-5-2-6-10-15/h1-10,16-17H,11-13H2,(H,22,23). The van der Waals surface area contributed by atoms with Gasteiger partial charge in [0.15, 0.2) is 6.10 Å². The van der Waals surface area contributed by atoms with Crippen LogP contribution in [0.1, 0.15) is 11.1 Å². The van der Waals surface area contributed by atoms with Gasteiger partial charge in [0.25, 0.3) is 0 Å². The van der Waals surface area contributed by atoms with Gasteiger partial charge in [-0.2, -0.15) is 0 Å². The van der Waals surface area contributed by atoms with Gasteiger partial charge in [-0.3, -0.25) is 0 Å². The molecular weight excluding hydrogens is 322 g/mol. The number of azide groups is 1. The Morgan fingerprint density at radius 1 is 1.00 bits per heavy atom. The predicted octanol–water partition coefficient (Wildman–Crippen LogP) is 3.55. The summed E-state index contributed by atoms with van der Waals surface area (Å²) >= 11 is 0. The van der Waals surface area contributed by atoms with Crippen molar-refractivity contribution in [2.24, 2.45) is 5.11 Å². The van der Waals surface area contributed by atoms with E-state index in [2.05, 4.69) is 10.0 Å². The van der Waals surface area contributed by atoms with Crippen LogP contribution in [0.15, 0.2) is 65.8 Å². The number of ether oxygens (including phenoxy) is 2. The molecule has 0 saturated carbocycles. The lowest BCUT2D eigenvalue weighted by atomic mass is 10.2. The molecule has 2 rings (SSSR count). The monoisotopic (exact) mass is 341 g/mol. The van der Waals surface area contributed by atoms with Crippen molar-refractivity contribution in [3.05, 3.63) is 82.2 Å². The Hall–Kier alpha value is -2.86. The molecule has 2 atom stereocenters. The van der Waals surface area contributed by atoms with Crippen LogP contribution in [0, 0.1) is 0 Å². The van der Waals surface area contributed by atoms with E-state index in [4.69, 9.17) is 15.0 Å². The van der Waals surface area contributed by atoms with Crippen LogP contribution in [0.2, 0.25) is 0 Å². The van der Waals surface area contributed by atoms with Gasteiger partial charge in [-0.15, -0.1) is 0 Å². The molecule has 0 saturated heterocycles. The van der Waals surface area contributed by atoms with E-state index >= 15 is 0 Å². The van der Waals surface area contributed by atoms with Crippen LogP contribution in [-0.4, -0.2) is 29.8 Å². The van der Waals surface area contributed by atoms with Gasteiger partial charge >= 0.3 is 5.97 Å². The fourth-order valence-electron chi connectivity index (χ4n) is 2.23. The van der Waals surface area contributed by atoms with Crippen molar-refractivity contribution >= 4 is 5.97 Å². The van der Waals surface area contributed by atoms with Crippen molar-refractivity contribution in [3.63, 3.8) is 0 Å². The van der Waals surface area contributed by atoms with E-state index in [1.54, 1.807) is 0 Å². The van der Waals surface area contributed by atoms with E-state index in [1.807, 2.05) is 60.7 Å². The summed E-state index contributed by atoms with van der Waals surface area (Å²) in [6, 6.07) is 18.6. The summed E-state index contributed by atoms with van der Waals surface area (Å²) in [5.41, 5.74) is 10.3. The maximum absolute atomic E-state index is 11.6. The van der Waals surface area contributed by atoms with Gasteiger partial charge in [-0.05, 0) is 16.7 Å². The van der Waals surface area contributed by atoms with Crippen molar-refractivity contribution < 1.29 is 19.4 Å². The van der Waals surface area contributed by atoms with E-state index in [0.717, 1.165) is 11.1 Å². The molecule has 0 spiro atoms. The van der Waals surface area contributed by atoms with Crippen LogP contribution in [-0.2, 0) is 27.5 Å². The first-order valence-corrected chi connectivity index (χ1v) is 7.75. The number of rotatable bonds is 10. The van der Waals surface area contributed by atoms with E-state index in [1.165, 1.54) is 0 Å². The largest absolute Gasteiger partial charge is 0.479 e. The summed E-state index contributed by atoms with van der Waals surface area (Å²) in [5.74, 6) is -1.16. The summed E-state index contributed by atoms with van der Waals surface area (Å²) in [6.45, 7) is 0.194. The Morgan fingerprint density at radius 2 is 1.52 bits per heavy atom. The molecule has 2 unspecified atom stereocenters. The van der Waals surface area contributed by atoms with Crippen molar-refractivity contribution in [3.8, 4) is 0 Å². The fraction of sp³-hybridized carbons (Fsp3) is 0.278. The number of carboxylic acid groups (broad SMARTS) is 1. The van der Waals surface area contributed by atoms with Gasteiger partial charge < -0.3 is 14.6 Å². The Morgan fingerprint density at radius 3 is 2.00 bits per heavy atom. The number of benzene rings is 2. The Bertz CT molecular complexity index is 703. The molecule has 0 heterocycles. The van der Waals surface area contributed by atoms with Gasteiger partial charge in [0.05, 0.1) is 19.8 Å². The van der Waals surface area contributed by atoms with Crippen molar-refractivity contribution in [1.82, 2.24) is 0 Å². The van der Waals surface area contributed by atoms with Crippen molar-refractivity contribution in [2.75, 3.05) is 6.54 Å². The lowest BCUT2D eigenvalue weighted by Gasteiger charge is -2.23. The number of hydrogen-bond acceptors (Lipinski definition) is 4. The molecule has 2 aromatic rings. The summed E-state index contributed by atoms with van der Waals surface area (Å²) in [6.07, 6.45) is -2.13. The van der Waals surface area contributed by atoms with Crippen molar-refractivity contribution in [1.29, 1.82) is 0 Å². The second-order valence-corrected chi connectivity index (χ2v) is 5.30. The summed E-state index contributed by atoms with van der Waals surface area (Å²) in [4.78, 5) is 14.3. The van der Waals surface area contributed by atoms with Crippen molar-refractivity contribution in [2.45, 2.75) is 25.4 Å². The van der Waals surface area contributed by atoms with E-state index in [-0.39, 0.29) is 19.8 Å². The number of carbonyl (C=O) groups is 1. The SMILES string of the molecule is [N-]=[N+]=NCC(OCc1ccccc1)C(OCc1ccccc1)C(=O)O. The first kappa shape index (κ1) is 18.5. The topological polar surface area (TPSA) is 105 Å². The molecule has 25 heavy (non-hydrogen) atoms. The van der Waals surface area contributed by atoms with Crippen LogP contribution in [0.25, 0.3) is 10.4 Å². The van der Waals surface area contributed by atoms with Crippen LogP contribution < -0.4 is 0 Å². The molecule has 0 aliphatic rings. The highest BCUT2D eigenvalue weighted by Gasteiger charge is 2.29. The third kappa shape index (κ3) is 6.27. The van der Waals surface area contributed by atoms with Crippen LogP contribution in [0.5, 0.6) is 0 Å². The Kier molecular flexibility index (Phi) is 7.46. The molecule has 0 aliphatic heterocycles. The fourth-order valence-corrected chi connectivity index (χ4v) is 2.23. The zero-order chi connectivity index (χ0) is 17.9. The Labute approximate surface area is 145 Å². The minimum Gasteiger partial charge on any atom is -0.479 e. The molecule has 2 aromatic carbocycles. The summed E-state index contributed by atoms with van der Waals surface area (Å²) in [5, 5.41) is 12.9. The average molecular weight is 341 g/mol. The highest BCUT2D eigenvalue weighted by Crippen LogP contribution is 2.13. The average Bonchev–Trinajstić information content (AvgIpc) is 2.65. The highest BCUT2D eigenvalue weighted by molar-refractivity contribution is 5.73. The third-order valence-corrected chi connectivity index (χ3v) is 3.49. The molecule has 130 valence electrons.